The zero-order chi connectivity index (χ0) is 15.9. The molecule has 5 nitrogen and oxygen atoms in total. The first-order valence-electron chi connectivity index (χ1n) is 8.32. The number of amides is 1. The van der Waals surface area contributed by atoms with Crippen LogP contribution in [0.25, 0.3) is 0 Å². The van der Waals surface area contributed by atoms with Crippen LogP contribution in [0, 0.1) is 11.8 Å². The molecule has 0 spiro atoms. The largest absolute Gasteiger partial charge is 0.347 e. The van der Waals surface area contributed by atoms with E-state index in [9.17, 15) is 9.59 Å². The molecule has 0 saturated carbocycles. The highest BCUT2D eigenvalue weighted by atomic mass is 16.2. The van der Waals surface area contributed by atoms with E-state index in [4.69, 9.17) is 0 Å². The summed E-state index contributed by atoms with van der Waals surface area (Å²) in [7, 11) is 0. The van der Waals surface area contributed by atoms with Gasteiger partial charge in [0.15, 0.2) is 6.04 Å². The summed E-state index contributed by atoms with van der Waals surface area (Å²) in [5.41, 5.74) is 5.26. The Kier molecular flexibility index (Phi) is 4.08. The first-order chi connectivity index (χ1) is 10.5. The second-order valence-electron chi connectivity index (χ2n) is 6.93. The third-order valence-electron chi connectivity index (χ3n) is 5.44. The molecule has 3 rings (SSSR count). The van der Waals surface area contributed by atoms with Crippen LogP contribution in [-0.4, -0.2) is 34.5 Å². The van der Waals surface area contributed by atoms with E-state index in [1.165, 1.54) is 0 Å². The smallest absolute Gasteiger partial charge is 0.281 e. The van der Waals surface area contributed by atoms with E-state index in [-0.39, 0.29) is 23.4 Å². The number of pyridine rings is 1. The van der Waals surface area contributed by atoms with Gasteiger partial charge in [-0.25, -0.2) is 0 Å². The molecule has 3 heterocycles. The Bertz CT molecular complexity index is 625. The summed E-state index contributed by atoms with van der Waals surface area (Å²) in [5.74, 6) is 1.16. The first kappa shape index (κ1) is 15.3. The van der Waals surface area contributed by atoms with Crippen LogP contribution >= 0.6 is 0 Å². The molecule has 4 unspecified atom stereocenters. The zero-order valence-corrected chi connectivity index (χ0v) is 13.5. The number of carbonyl (C=O) groups is 1. The highest BCUT2D eigenvalue weighted by Gasteiger charge is 2.38. The van der Waals surface area contributed by atoms with Gasteiger partial charge < -0.3 is 15.2 Å². The fourth-order valence-corrected chi connectivity index (χ4v) is 3.84. The van der Waals surface area contributed by atoms with Crippen LogP contribution in [0.2, 0.25) is 0 Å². The van der Waals surface area contributed by atoms with Gasteiger partial charge in [0.1, 0.15) is 0 Å². The van der Waals surface area contributed by atoms with Gasteiger partial charge in [-0.05, 0) is 24.8 Å². The second kappa shape index (κ2) is 5.88. The van der Waals surface area contributed by atoms with Crippen molar-refractivity contribution in [3.05, 3.63) is 34.2 Å². The van der Waals surface area contributed by atoms with Gasteiger partial charge in [0.2, 0.25) is 0 Å². The molecule has 3 N–H and O–H groups in total. The summed E-state index contributed by atoms with van der Waals surface area (Å²) in [6.45, 7) is 6.42. The predicted molar refractivity (Wildman–Crippen MR) is 84.3 cm³/mol. The van der Waals surface area contributed by atoms with Crippen molar-refractivity contribution >= 4 is 5.91 Å². The summed E-state index contributed by atoms with van der Waals surface area (Å²) < 4.78 is 1.90. The van der Waals surface area contributed by atoms with Crippen LogP contribution in [0.1, 0.15) is 38.3 Å². The summed E-state index contributed by atoms with van der Waals surface area (Å²) in [5, 5.41) is 0. The lowest BCUT2D eigenvalue weighted by atomic mass is 9.82. The average Bonchev–Trinajstić information content (AvgIpc) is 2.53. The Hall–Kier alpha value is -1.62. The maximum Gasteiger partial charge on any atom is 0.281 e. The summed E-state index contributed by atoms with van der Waals surface area (Å²) >= 11 is 0. The van der Waals surface area contributed by atoms with Crippen LogP contribution in [-0.2, 0) is 11.3 Å². The molecule has 0 aliphatic carbocycles. The van der Waals surface area contributed by atoms with E-state index in [1.54, 1.807) is 6.07 Å². The lowest BCUT2D eigenvalue weighted by Gasteiger charge is -2.43. The molecule has 0 radical (unpaired) electrons. The molecule has 22 heavy (non-hydrogen) atoms. The van der Waals surface area contributed by atoms with Gasteiger partial charge in [0.25, 0.3) is 11.5 Å². The van der Waals surface area contributed by atoms with E-state index in [0.29, 0.717) is 11.8 Å². The number of likely N-dealkylation sites (tertiary alicyclic amines) is 1. The molecule has 1 fully saturated rings. The van der Waals surface area contributed by atoms with Gasteiger partial charge in [-0.15, -0.1) is 0 Å². The average molecular weight is 304 g/mol. The summed E-state index contributed by atoms with van der Waals surface area (Å²) in [6, 6.07) is 5.33. The molecule has 2 aliphatic heterocycles. The van der Waals surface area contributed by atoms with Crippen LogP contribution < -0.4 is 11.3 Å². The number of quaternary nitrogens is 1. The van der Waals surface area contributed by atoms with Crippen molar-refractivity contribution in [1.29, 1.82) is 0 Å². The number of nitrogens with zero attached hydrogens (tertiary/aromatic N) is 2. The Morgan fingerprint density at radius 3 is 2.86 bits per heavy atom. The predicted octanol–water partition coefficient (Wildman–Crippen LogP) is 0.451. The summed E-state index contributed by atoms with van der Waals surface area (Å²) in [6.07, 6.45) is 2.05. The third-order valence-corrected chi connectivity index (χ3v) is 5.44. The second-order valence-corrected chi connectivity index (χ2v) is 6.93. The quantitative estimate of drug-likeness (QED) is 0.881. The summed E-state index contributed by atoms with van der Waals surface area (Å²) in [4.78, 5) is 26.7. The molecule has 1 aromatic rings. The van der Waals surface area contributed by atoms with Crippen molar-refractivity contribution in [2.24, 2.45) is 11.8 Å². The van der Waals surface area contributed by atoms with Gasteiger partial charge >= 0.3 is 0 Å². The van der Waals surface area contributed by atoms with E-state index < -0.39 is 0 Å². The van der Waals surface area contributed by atoms with Gasteiger partial charge in [0, 0.05) is 43.2 Å². The van der Waals surface area contributed by atoms with Gasteiger partial charge in [-0.2, -0.15) is 0 Å². The van der Waals surface area contributed by atoms with Crippen molar-refractivity contribution in [2.75, 3.05) is 13.1 Å². The number of hydrogen-bond acceptors (Lipinski definition) is 2. The molecule has 1 aromatic heterocycles. The van der Waals surface area contributed by atoms with Crippen LogP contribution in [0.4, 0.5) is 0 Å². The minimum Gasteiger partial charge on any atom is -0.347 e. The molecular weight excluding hydrogens is 278 g/mol. The highest BCUT2D eigenvalue weighted by molar-refractivity contribution is 5.80. The molecule has 120 valence electrons. The van der Waals surface area contributed by atoms with Gasteiger partial charge in [0.05, 0.1) is 0 Å². The van der Waals surface area contributed by atoms with E-state index in [0.717, 1.165) is 38.2 Å². The number of carbonyl (C=O) groups excluding carboxylic acids is 1. The first-order valence-corrected chi connectivity index (χ1v) is 8.32. The molecule has 1 saturated heterocycles. The molecular formula is C17H26N3O2+. The SMILES string of the molecule is CCC(C)C([NH3+])C(=O)N1CC2CC(C1)c1cccc(=O)n1C2. The number of aromatic nitrogens is 1. The van der Waals surface area contributed by atoms with Crippen molar-refractivity contribution in [3.63, 3.8) is 0 Å². The molecule has 5 heteroatoms. The molecule has 0 aromatic carbocycles. The van der Waals surface area contributed by atoms with Crippen LogP contribution in [0.5, 0.6) is 0 Å². The number of fused-ring (bicyclic) bond motifs is 4. The van der Waals surface area contributed by atoms with Gasteiger partial charge in [-0.1, -0.05) is 19.9 Å². The third kappa shape index (κ3) is 2.58. The fourth-order valence-electron chi connectivity index (χ4n) is 3.84. The zero-order valence-electron chi connectivity index (χ0n) is 13.5. The number of piperidine rings is 1. The topological polar surface area (TPSA) is 70.0 Å². The minimum absolute atomic E-state index is 0.0848. The Morgan fingerprint density at radius 1 is 1.36 bits per heavy atom. The molecule has 1 amide bonds. The fraction of sp³-hybridized carbons (Fsp3) is 0.647. The van der Waals surface area contributed by atoms with Crippen molar-refractivity contribution in [1.82, 2.24) is 9.47 Å². The van der Waals surface area contributed by atoms with Crippen molar-refractivity contribution in [2.45, 2.75) is 45.2 Å². The monoisotopic (exact) mass is 304 g/mol. The molecule has 4 atom stereocenters. The van der Waals surface area contributed by atoms with E-state index >= 15 is 0 Å². The molecule has 2 aliphatic rings. The Balaban J connectivity index is 1.82. The lowest BCUT2D eigenvalue weighted by molar-refractivity contribution is -0.417. The van der Waals surface area contributed by atoms with E-state index in [2.05, 4.69) is 19.6 Å². The maximum atomic E-state index is 12.7. The van der Waals surface area contributed by atoms with Crippen LogP contribution in [0.15, 0.2) is 23.0 Å². The minimum atomic E-state index is -0.165. The van der Waals surface area contributed by atoms with E-state index in [1.807, 2.05) is 21.6 Å². The van der Waals surface area contributed by atoms with Gasteiger partial charge in [-0.3, -0.25) is 9.59 Å². The Labute approximate surface area is 131 Å². The number of rotatable bonds is 3. The van der Waals surface area contributed by atoms with Crippen molar-refractivity contribution in [3.8, 4) is 0 Å². The lowest BCUT2D eigenvalue weighted by Crippen LogP contribution is -2.71. The van der Waals surface area contributed by atoms with Crippen molar-refractivity contribution < 1.29 is 10.5 Å². The maximum absolute atomic E-state index is 12.7. The Morgan fingerprint density at radius 2 is 2.14 bits per heavy atom. The number of hydrogen-bond donors (Lipinski definition) is 1. The van der Waals surface area contributed by atoms with Crippen LogP contribution in [0.3, 0.4) is 0 Å². The standard InChI is InChI=1S/C17H25N3O2/c1-3-11(2)16(18)17(22)19-8-12-7-13(10-19)14-5-4-6-15(21)20(14)9-12/h4-6,11-13,16H,3,7-10,18H2,1-2H3/p+1. The molecule has 2 bridgehead atoms. The highest BCUT2D eigenvalue weighted by Crippen LogP contribution is 2.35. The normalized spacial score (nSPS) is 26.2.